The Bertz CT molecular complexity index is 1110. The average molecular weight is 393 g/mol. The minimum atomic E-state index is -3.82. The highest BCUT2D eigenvalue weighted by Crippen LogP contribution is 2.38. The highest BCUT2D eigenvalue weighted by molar-refractivity contribution is 7.93. The van der Waals surface area contributed by atoms with E-state index in [1.165, 1.54) is 28.1 Å². The lowest BCUT2D eigenvalue weighted by Gasteiger charge is -2.25. The number of primary sulfonamides is 1. The molecule has 8 heteroatoms. The number of benzene rings is 2. The molecule has 138 valence electrons. The first kappa shape index (κ1) is 17.5. The molecule has 0 saturated carbocycles. The Labute approximate surface area is 153 Å². The molecule has 0 spiro atoms. The van der Waals surface area contributed by atoms with Crippen LogP contribution in [0.15, 0.2) is 46.2 Å². The summed E-state index contributed by atoms with van der Waals surface area (Å²) in [4.78, 5) is 0.286. The number of hydrogen-bond donors (Lipinski definition) is 1. The Morgan fingerprint density at radius 3 is 2.31 bits per heavy atom. The zero-order valence-electron chi connectivity index (χ0n) is 14.3. The Kier molecular flexibility index (Phi) is 3.91. The molecule has 1 atom stereocenters. The van der Waals surface area contributed by atoms with E-state index in [1.807, 2.05) is 13.0 Å². The molecule has 0 fully saturated rings. The molecule has 1 aliphatic carbocycles. The van der Waals surface area contributed by atoms with Crippen molar-refractivity contribution >= 4 is 25.7 Å². The first-order chi connectivity index (χ1) is 12.2. The van der Waals surface area contributed by atoms with Crippen molar-refractivity contribution in [2.24, 2.45) is 5.14 Å². The molecule has 1 aliphatic heterocycles. The molecule has 0 amide bonds. The van der Waals surface area contributed by atoms with Crippen LogP contribution >= 0.6 is 0 Å². The van der Waals surface area contributed by atoms with Gasteiger partial charge < -0.3 is 0 Å². The first-order valence-electron chi connectivity index (χ1n) is 8.50. The van der Waals surface area contributed by atoms with Crippen LogP contribution in [-0.2, 0) is 39.3 Å². The zero-order valence-corrected chi connectivity index (χ0v) is 16.0. The van der Waals surface area contributed by atoms with Crippen molar-refractivity contribution in [3.05, 3.63) is 53.1 Å². The summed E-state index contributed by atoms with van der Waals surface area (Å²) < 4.78 is 51.1. The van der Waals surface area contributed by atoms with Gasteiger partial charge in [0.2, 0.25) is 10.0 Å². The van der Waals surface area contributed by atoms with Gasteiger partial charge in [0.15, 0.2) is 0 Å². The average Bonchev–Trinajstić information content (AvgIpc) is 3.15. The summed E-state index contributed by atoms with van der Waals surface area (Å²) in [6.45, 7) is 1.82. The van der Waals surface area contributed by atoms with Gasteiger partial charge in [0.1, 0.15) is 0 Å². The van der Waals surface area contributed by atoms with Crippen molar-refractivity contribution < 1.29 is 16.8 Å². The second-order valence-corrected chi connectivity index (χ2v) is 10.3. The van der Waals surface area contributed by atoms with Gasteiger partial charge in [-0.15, -0.1) is 0 Å². The molecule has 6 nitrogen and oxygen atoms in total. The van der Waals surface area contributed by atoms with Crippen molar-refractivity contribution in [1.29, 1.82) is 0 Å². The van der Waals surface area contributed by atoms with Crippen LogP contribution in [0.1, 0.15) is 30.0 Å². The summed E-state index contributed by atoms with van der Waals surface area (Å²) in [5.74, 6) is 0. The zero-order chi connectivity index (χ0) is 18.7. The predicted octanol–water partition coefficient (Wildman–Crippen LogP) is 1.96. The summed E-state index contributed by atoms with van der Waals surface area (Å²) in [5, 5.41) is 5.19. The maximum absolute atomic E-state index is 13.3. The van der Waals surface area contributed by atoms with Gasteiger partial charge >= 0.3 is 0 Å². The van der Waals surface area contributed by atoms with Gasteiger partial charge in [-0.05, 0) is 79.6 Å². The van der Waals surface area contributed by atoms with E-state index in [-0.39, 0.29) is 15.8 Å². The van der Waals surface area contributed by atoms with Crippen LogP contribution in [0.3, 0.4) is 0 Å². The lowest BCUT2D eigenvalue weighted by Crippen LogP contribution is -2.35. The number of hydrogen-bond acceptors (Lipinski definition) is 4. The summed E-state index contributed by atoms with van der Waals surface area (Å²) in [5.41, 5.74) is 3.51. The normalized spacial score (nSPS) is 19.5. The summed E-state index contributed by atoms with van der Waals surface area (Å²) in [6.07, 6.45) is 3.40. The molecule has 2 aromatic carbocycles. The minimum absolute atomic E-state index is 0.000212. The van der Waals surface area contributed by atoms with Crippen LogP contribution in [0.4, 0.5) is 5.69 Å². The molecule has 26 heavy (non-hydrogen) atoms. The van der Waals surface area contributed by atoms with E-state index in [9.17, 15) is 16.8 Å². The van der Waals surface area contributed by atoms with Gasteiger partial charge in [-0.25, -0.2) is 22.0 Å². The maximum atomic E-state index is 13.3. The fourth-order valence-electron chi connectivity index (χ4n) is 3.94. The summed E-state index contributed by atoms with van der Waals surface area (Å²) >= 11 is 0. The van der Waals surface area contributed by atoms with Crippen molar-refractivity contribution in [3.8, 4) is 0 Å². The van der Waals surface area contributed by atoms with Crippen molar-refractivity contribution in [2.75, 3.05) is 4.31 Å². The number of sulfonamides is 2. The van der Waals surface area contributed by atoms with E-state index < -0.39 is 20.0 Å². The van der Waals surface area contributed by atoms with Crippen LogP contribution in [0.25, 0.3) is 0 Å². The Hall–Kier alpha value is -1.90. The molecule has 0 radical (unpaired) electrons. The number of anilines is 1. The third kappa shape index (κ3) is 2.72. The highest BCUT2D eigenvalue weighted by Gasteiger charge is 2.37. The third-order valence-corrected chi connectivity index (χ3v) is 7.99. The van der Waals surface area contributed by atoms with Crippen LogP contribution in [-0.4, -0.2) is 22.9 Å². The van der Waals surface area contributed by atoms with Crippen LogP contribution in [0, 0.1) is 0 Å². The molecule has 2 aliphatic rings. The molecular formula is C18H20N2O4S2. The standard InChI is InChI=1S/C18H20N2O4S2/c1-12-9-15-11-16(25(19,21)22)7-8-18(15)20(12)26(23,24)17-6-5-13-3-2-4-14(13)10-17/h5-8,10-12H,2-4,9H2,1H3,(H2,19,21,22). The Morgan fingerprint density at radius 2 is 1.58 bits per heavy atom. The largest absolute Gasteiger partial charge is 0.264 e. The number of rotatable bonds is 3. The third-order valence-electron chi connectivity index (χ3n) is 5.16. The lowest BCUT2D eigenvalue weighted by atomic mass is 10.1. The van der Waals surface area contributed by atoms with Crippen LogP contribution in [0.2, 0.25) is 0 Å². The molecule has 0 bridgehead atoms. The van der Waals surface area contributed by atoms with Gasteiger partial charge in [-0.2, -0.15) is 0 Å². The van der Waals surface area contributed by atoms with Crippen molar-refractivity contribution in [2.45, 2.75) is 48.4 Å². The van der Waals surface area contributed by atoms with Crippen molar-refractivity contribution in [1.82, 2.24) is 0 Å². The van der Waals surface area contributed by atoms with Gasteiger partial charge in [0.25, 0.3) is 10.0 Å². The molecule has 2 aromatic rings. The number of nitrogens with zero attached hydrogens (tertiary/aromatic N) is 1. The fourth-order valence-corrected chi connectivity index (χ4v) is 6.25. The van der Waals surface area contributed by atoms with Gasteiger partial charge in [-0.3, -0.25) is 4.31 Å². The number of nitrogens with two attached hydrogens (primary N) is 1. The van der Waals surface area contributed by atoms with Gasteiger partial charge in [0, 0.05) is 6.04 Å². The number of fused-ring (bicyclic) bond motifs is 2. The summed E-state index contributed by atoms with van der Waals surface area (Å²) in [6, 6.07) is 9.42. The maximum Gasteiger partial charge on any atom is 0.264 e. The second-order valence-electron chi connectivity index (χ2n) is 6.97. The van der Waals surface area contributed by atoms with Crippen molar-refractivity contribution in [3.63, 3.8) is 0 Å². The minimum Gasteiger partial charge on any atom is -0.263 e. The van der Waals surface area contributed by atoms with Crippen LogP contribution in [0.5, 0.6) is 0 Å². The Morgan fingerprint density at radius 1 is 0.923 bits per heavy atom. The Balaban J connectivity index is 1.79. The molecule has 0 saturated heterocycles. The topological polar surface area (TPSA) is 97.5 Å². The van der Waals surface area contributed by atoms with E-state index >= 15 is 0 Å². The van der Waals surface area contributed by atoms with E-state index in [0.717, 1.165) is 24.8 Å². The SMILES string of the molecule is CC1Cc2cc(S(N)(=O)=O)ccc2N1S(=O)(=O)c1ccc2c(c1)CCC2. The van der Waals surface area contributed by atoms with Crippen LogP contribution < -0.4 is 9.44 Å². The van der Waals surface area contributed by atoms with E-state index in [0.29, 0.717) is 17.7 Å². The number of aryl methyl sites for hydroxylation is 2. The van der Waals surface area contributed by atoms with E-state index in [2.05, 4.69) is 0 Å². The molecule has 4 rings (SSSR count). The molecule has 0 aromatic heterocycles. The molecule has 1 heterocycles. The smallest absolute Gasteiger partial charge is 0.263 e. The first-order valence-corrected chi connectivity index (χ1v) is 11.5. The lowest BCUT2D eigenvalue weighted by molar-refractivity contribution is 0.584. The monoisotopic (exact) mass is 392 g/mol. The predicted molar refractivity (Wildman–Crippen MR) is 99.1 cm³/mol. The van der Waals surface area contributed by atoms with Gasteiger partial charge in [0.05, 0.1) is 15.5 Å². The quantitative estimate of drug-likeness (QED) is 0.863. The summed E-state index contributed by atoms with van der Waals surface area (Å²) in [7, 11) is -7.54. The van der Waals surface area contributed by atoms with E-state index in [1.54, 1.807) is 12.1 Å². The van der Waals surface area contributed by atoms with Gasteiger partial charge in [-0.1, -0.05) is 6.07 Å². The highest BCUT2D eigenvalue weighted by atomic mass is 32.2. The molecule has 2 N–H and O–H groups in total. The van der Waals surface area contributed by atoms with E-state index in [4.69, 9.17) is 5.14 Å². The molecule has 1 unspecified atom stereocenters. The molecular weight excluding hydrogens is 372 g/mol. The fraction of sp³-hybridized carbons (Fsp3) is 0.333. The second kappa shape index (κ2) is 5.80.